The van der Waals surface area contributed by atoms with E-state index in [-0.39, 0.29) is 13.2 Å². The molecule has 1 aliphatic heterocycles. The highest BCUT2D eigenvalue weighted by atomic mass is 16.6. The zero-order valence-electron chi connectivity index (χ0n) is 27.5. The van der Waals surface area contributed by atoms with Crippen molar-refractivity contribution in [1.29, 1.82) is 0 Å². The van der Waals surface area contributed by atoms with Crippen LogP contribution in [-0.2, 0) is 56.7 Å². The van der Waals surface area contributed by atoms with Crippen LogP contribution in [0.1, 0.15) is 27.8 Å². The molecule has 0 amide bonds. The number of nitrogens with zero attached hydrogens (tertiary/aromatic N) is 1. The van der Waals surface area contributed by atoms with E-state index in [4.69, 9.17) is 23.7 Å². The monoisotopic (exact) mass is 657 g/mol. The first-order chi connectivity index (χ1) is 24.2. The highest BCUT2D eigenvalue weighted by molar-refractivity contribution is 5.59. The van der Waals surface area contributed by atoms with Gasteiger partial charge in [-0.05, 0) is 22.3 Å². The molecule has 252 valence electrons. The van der Waals surface area contributed by atoms with Gasteiger partial charge in [0, 0.05) is 5.56 Å². The maximum absolute atomic E-state index is 13.5. The number of hydrogen-bond donors (Lipinski definition) is 0. The van der Waals surface area contributed by atoms with Gasteiger partial charge in [-0.15, -0.1) is 0 Å². The van der Waals surface area contributed by atoms with Crippen LogP contribution in [0.5, 0.6) is 0 Å². The van der Waals surface area contributed by atoms with E-state index >= 15 is 0 Å². The smallest absolute Gasteiger partial charge is 0.183 e. The lowest BCUT2D eigenvalue weighted by atomic mass is 9.94. The van der Waals surface area contributed by atoms with E-state index in [0.717, 1.165) is 32.6 Å². The van der Waals surface area contributed by atoms with E-state index in [1.165, 1.54) is 0 Å². The lowest BCUT2D eigenvalue weighted by Crippen LogP contribution is -2.62. The quantitative estimate of drug-likeness (QED) is 0.0474. The Kier molecular flexibility index (Phi) is 12.7. The van der Waals surface area contributed by atoms with Crippen LogP contribution in [0.2, 0.25) is 0 Å². The fraction of sp³-hybridized carbons (Fsp3) is 0.262. The van der Waals surface area contributed by atoms with Crippen molar-refractivity contribution in [2.45, 2.75) is 63.5 Å². The van der Waals surface area contributed by atoms with Crippen molar-refractivity contribution in [3.05, 3.63) is 185 Å². The summed E-state index contributed by atoms with van der Waals surface area (Å²) in [5.74, 6) is 0. The standard InChI is InChI=1S/C42H43NO6/c44-43(26-33-16-6-1-7-17-33)27-38-40(46-29-35-20-10-3-11-21-35)42(48-31-37-24-14-5-15-25-37)41(47-30-36-22-12-4-13-23-36)39(49-38)32-45-28-34-18-8-2-9-19-34/h1-25,27,38-42H,26,28-32H2/b43-27-/t38-,39+,40-,41+,42+/m0/s1. The van der Waals surface area contributed by atoms with Crippen LogP contribution in [0.3, 0.4) is 0 Å². The minimum absolute atomic E-state index is 0.171. The number of hydroxylamine groups is 1. The molecule has 0 spiro atoms. The van der Waals surface area contributed by atoms with Crippen LogP contribution < -0.4 is 0 Å². The Hall–Kier alpha value is -4.63. The lowest BCUT2D eigenvalue weighted by Gasteiger charge is -2.44. The van der Waals surface area contributed by atoms with Gasteiger partial charge < -0.3 is 28.9 Å². The highest BCUT2D eigenvalue weighted by Crippen LogP contribution is 2.31. The number of rotatable bonds is 16. The molecular weight excluding hydrogens is 614 g/mol. The van der Waals surface area contributed by atoms with E-state index in [1.54, 1.807) is 6.21 Å². The Bertz CT molecular complexity index is 1670. The molecular formula is C42H43NO6. The second kappa shape index (κ2) is 18.2. The van der Waals surface area contributed by atoms with Crippen molar-refractivity contribution >= 4 is 6.21 Å². The van der Waals surface area contributed by atoms with Gasteiger partial charge in [-0.2, -0.15) is 0 Å². The predicted molar refractivity (Wildman–Crippen MR) is 190 cm³/mol. The molecule has 0 bridgehead atoms. The first kappa shape index (κ1) is 34.2. The number of hydrogen-bond acceptors (Lipinski definition) is 6. The highest BCUT2D eigenvalue weighted by Gasteiger charge is 2.49. The van der Waals surface area contributed by atoms with Crippen LogP contribution in [0.4, 0.5) is 0 Å². The summed E-state index contributed by atoms with van der Waals surface area (Å²) in [7, 11) is 0. The molecule has 1 saturated heterocycles. The molecule has 49 heavy (non-hydrogen) atoms. The molecule has 7 nitrogen and oxygen atoms in total. The molecule has 5 aromatic rings. The van der Waals surface area contributed by atoms with Gasteiger partial charge >= 0.3 is 0 Å². The molecule has 7 heteroatoms. The van der Waals surface area contributed by atoms with Crippen LogP contribution in [0, 0.1) is 5.21 Å². The third-order valence-electron chi connectivity index (χ3n) is 8.41. The fourth-order valence-corrected chi connectivity index (χ4v) is 5.92. The Balaban J connectivity index is 1.32. The van der Waals surface area contributed by atoms with Crippen molar-refractivity contribution in [1.82, 2.24) is 0 Å². The normalized spacial score (nSPS) is 21.0. The van der Waals surface area contributed by atoms with Crippen molar-refractivity contribution in [3.63, 3.8) is 0 Å². The van der Waals surface area contributed by atoms with Gasteiger partial charge in [0.15, 0.2) is 18.9 Å². The Morgan fingerprint density at radius 2 is 0.878 bits per heavy atom. The van der Waals surface area contributed by atoms with E-state index in [9.17, 15) is 5.21 Å². The van der Waals surface area contributed by atoms with Gasteiger partial charge in [-0.1, -0.05) is 152 Å². The molecule has 5 aromatic carbocycles. The van der Waals surface area contributed by atoms with Gasteiger partial charge in [-0.3, -0.25) is 0 Å². The van der Waals surface area contributed by atoms with Crippen LogP contribution in [0.15, 0.2) is 152 Å². The van der Waals surface area contributed by atoms with E-state index in [2.05, 4.69) is 0 Å². The average Bonchev–Trinajstić information content (AvgIpc) is 3.15. The Labute approximate surface area is 288 Å². The molecule has 1 fully saturated rings. The fourth-order valence-electron chi connectivity index (χ4n) is 5.92. The summed E-state index contributed by atoms with van der Waals surface area (Å²) in [4.78, 5) is 0. The zero-order chi connectivity index (χ0) is 33.5. The largest absolute Gasteiger partial charge is 0.624 e. The molecule has 1 heterocycles. The molecule has 0 saturated carbocycles. The molecule has 0 aromatic heterocycles. The summed E-state index contributed by atoms with van der Waals surface area (Å²) in [5, 5.41) is 13.5. The third-order valence-corrected chi connectivity index (χ3v) is 8.41. The van der Waals surface area contributed by atoms with Crippen LogP contribution in [-0.4, -0.2) is 48.1 Å². The first-order valence-corrected chi connectivity index (χ1v) is 16.8. The van der Waals surface area contributed by atoms with Crippen molar-refractivity contribution in [2.75, 3.05) is 6.61 Å². The Morgan fingerprint density at radius 3 is 1.35 bits per heavy atom. The molecule has 0 aliphatic carbocycles. The van der Waals surface area contributed by atoms with E-state index in [0.29, 0.717) is 26.4 Å². The second-order valence-corrected chi connectivity index (χ2v) is 12.1. The first-order valence-electron chi connectivity index (χ1n) is 16.8. The minimum atomic E-state index is -0.743. The summed E-state index contributed by atoms with van der Waals surface area (Å²) in [6.45, 7) is 1.79. The van der Waals surface area contributed by atoms with Gasteiger partial charge in [0.05, 0.1) is 33.0 Å². The molecule has 6 rings (SSSR count). The van der Waals surface area contributed by atoms with Gasteiger partial charge in [0.25, 0.3) is 0 Å². The summed E-state index contributed by atoms with van der Waals surface area (Å²) in [6.07, 6.45) is -1.57. The van der Waals surface area contributed by atoms with Gasteiger partial charge in [-0.25, -0.2) is 4.74 Å². The summed E-state index contributed by atoms with van der Waals surface area (Å²) in [5.41, 5.74) is 5.00. The van der Waals surface area contributed by atoms with Crippen molar-refractivity contribution in [2.24, 2.45) is 0 Å². The maximum Gasteiger partial charge on any atom is 0.183 e. The molecule has 1 aliphatic rings. The summed E-state index contributed by atoms with van der Waals surface area (Å²) < 4.78 is 34.1. The maximum atomic E-state index is 13.5. The topological polar surface area (TPSA) is 72.2 Å². The van der Waals surface area contributed by atoms with Crippen LogP contribution in [0.25, 0.3) is 0 Å². The molecule has 0 unspecified atom stereocenters. The molecule has 0 radical (unpaired) electrons. The lowest BCUT2D eigenvalue weighted by molar-refractivity contribution is -0.474. The minimum Gasteiger partial charge on any atom is -0.624 e. The SMILES string of the molecule is [O-]/[N+](=C\[C@@H]1O[C@H](COCc2ccccc2)[C@@H](OCc2ccccc2)[C@H](OCc2ccccc2)[C@H]1OCc1ccccc1)Cc1ccccc1. The Morgan fingerprint density at radius 1 is 0.490 bits per heavy atom. The van der Waals surface area contributed by atoms with Crippen LogP contribution >= 0.6 is 0 Å². The molecule has 0 N–H and O–H groups in total. The third kappa shape index (κ3) is 10.4. The molecule has 5 atom stereocenters. The van der Waals surface area contributed by atoms with Gasteiger partial charge in [0.2, 0.25) is 0 Å². The van der Waals surface area contributed by atoms with E-state index < -0.39 is 30.5 Å². The van der Waals surface area contributed by atoms with E-state index in [1.807, 2.05) is 152 Å². The number of benzene rings is 5. The van der Waals surface area contributed by atoms with Crippen molar-refractivity contribution in [3.8, 4) is 0 Å². The van der Waals surface area contributed by atoms with Gasteiger partial charge in [0.1, 0.15) is 24.4 Å². The van der Waals surface area contributed by atoms with Crippen molar-refractivity contribution < 1.29 is 28.4 Å². The zero-order valence-corrected chi connectivity index (χ0v) is 27.5. The average molecular weight is 658 g/mol. The predicted octanol–water partition coefficient (Wildman–Crippen LogP) is 7.51. The summed E-state index contributed by atoms with van der Waals surface area (Å²) in [6, 6.07) is 49.7. The second-order valence-electron chi connectivity index (χ2n) is 12.1. The summed E-state index contributed by atoms with van der Waals surface area (Å²) >= 11 is 0. The number of ether oxygens (including phenoxy) is 5.